The first kappa shape index (κ1) is 17.9. The summed E-state index contributed by atoms with van der Waals surface area (Å²) in [5, 5.41) is 6.49. The molecule has 0 saturated carbocycles. The van der Waals surface area contributed by atoms with Crippen molar-refractivity contribution in [3.8, 4) is 0 Å². The van der Waals surface area contributed by atoms with E-state index in [0.29, 0.717) is 24.8 Å². The average molecular weight is 314 g/mol. The maximum Gasteiger partial charge on any atom is 0.238 e. The van der Waals surface area contributed by atoms with Crippen LogP contribution in [0.3, 0.4) is 0 Å². The van der Waals surface area contributed by atoms with Crippen LogP contribution in [0.4, 0.5) is 5.69 Å². The summed E-state index contributed by atoms with van der Waals surface area (Å²) in [6.07, 6.45) is 0. The topological polar surface area (TPSA) is 53.6 Å². The summed E-state index contributed by atoms with van der Waals surface area (Å²) in [6, 6.07) is 5.43. The second-order valence-corrected chi connectivity index (χ2v) is 5.54. The lowest BCUT2D eigenvalue weighted by Crippen LogP contribution is -2.31. The van der Waals surface area contributed by atoms with Gasteiger partial charge < -0.3 is 20.3 Å². The summed E-state index contributed by atoms with van der Waals surface area (Å²) in [7, 11) is 4.01. The first-order valence-corrected chi connectivity index (χ1v) is 7.36. The Morgan fingerprint density at radius 1 is 1.33 bits per heavy atom. The van der Waals surface area contributed by atoms with E-state index in [9.17, 15) is 4.79 Å². The van der Waals surface area contributed by atoms with Gasteiger partial charge in [0.15, 0.2) is 0 Å². The van der Waals surface area contributed by atoms with Crippen molar-refractivity contribution >= 4 is 23.2 Å². The van der Waals surface area contributed by atoms with Gasteiger partial charge in [-0.1, -0.05) is 17.7 Å². The lowest BCUT2D eigenvalue weighted by atomic mass is 10.2. The minimum Gasteiger partial charge on any atom is -0.379 e. The van der Waals surface area contributed by atoms with E-state index in [0.717, 1.165) is 17.8 Å². The van der Waals surface area contributed by atoms with E-state index in [1.165, 1.54) is 0 Å². The summed E-state index contributed by atoms with van der Waals surface area (Å²) >= 11 is 5.91. The summed E-state index contributed by atoms with van der Waals surface area (Å²) in [5.74, 6) is -0.0892. The molecule has 0 spiro atoms. The van der Waals surface area contributed by atoms with Crippen molar-refractivity contribution in [3.05, 3.63) is 28.8 Å². The van der Waals surface area contributed by atoms with Gasteiger partial charge in [0, 0.05) is 23.8 Å². The third kappa shape index (κ3) is 8.02. The van der Waals surface area contributed by atoms with Crippen LogP contribution in [-0.2, 0) is 9.53 Å². The molecule has 0 atom stereocenters. The molecule has 1 aromatic rings. The van der Waals surface area contributed by atoms with Gasteiger partial charge in [0.1, 0.15) is 0 Å². The van der Waals surface area contributed by atoms with E-state index >= 15 is 0 Å². The molecule has 21 heavy (non-hydrogen) atoms. The van der Waals surface area contributed by atoms with Crippen LogP contribution in [0.25, 0.3) is 0 Å². The van der Waals surface area contributed by atoms with E-state index in [1.54, 1.807) is 12.1 Å². The molecule has 0 aliphatic carbocycles. The van der Waals surface area contributed by atoms with Crippen molar-refractivity contribution < 1.29 is 9.53 Å². The highest BCUT2D eigenvalue weighted by atomic mass is 35.5. The van der Waals surface area contributed by atoms with Crippen molar-refractivity contribution in [1.29, 1.82) is 0 Å². The summed E-state index contributed by atoms with van der Waals surface area (Å²) in [5.41, 5.74) is 1.73. The molecule has 0 saturated heterocycles. The number of carbonyl (C=O) groups is 1. The molecule has 0 fully saturated rings. The van der Waals surface area contributed by atoms with Crippen LogP contribution in [0.1, 0.15) is 5.56 Å². The van der Waals surface area contributed by atoms with E-state index in [2.05, 4.69) is 15.5 Å². The fourth-order valence-corrected chi connectivity index (χ4v) is 1.79. The zero-order valence-electron chi connectivity index (χ0n) is 12.9. The Hall–Kier alpha value is -1.14. The molecule has 0 heterocycles. The van der Waals surface area contributed by atoms with Crippen LogP contribution >= 0.6 is 11.6 Å². The van der Waals surface area contributed by atoms with Gasteiger partial charge in [-0.05, 0) is 38.7 Å². The van der Waals surface area contributed by atoms with Crippen LogP contribution in [0.2, 0.25) is 5.02 Å². The van der Waals surface area contributed by atoms with Crippen molar-refractivity contribution in [2.24, 2.45) is 0 Å². The second-order valence-electron chi connectivity index (χ2n) is 5.10. The van der Waals surface area contributed by atoms with E-state index in [4.69, 9.17) is 16.3 Å². The van der Waals surface area contributed by atoms with Crippen LogP contribution in [0, 0.1) is 6.92 Å². The molecular weight excluding hydrogens is 290 g/mol. The van der Waals surface area contributed by atoms with E-state index in [1.807, 2.05) is 27.1 Å². The predicted molar refractivity (Wildman–Crippen MR) is 87.1 cm³/mol. The molecule has 1 aromatic carbocycles. The second kappa shape index (κ2) is 9.73. The number of hydrogen-bond donors (Lipinski definition) is 2. The number of anilines is 1. The summed E-state index contributed by atoms with van der Waals surface area (Å²) in [4.78, 5) is 13.9. The number of hydrogen-bond acceptors (Lipinski definition) is 4. The number of nitrogens with one attached hydrogen (secondary N) is 2. The molecule has 2 N–H and O–H groups in total. The number of benzene rings is 1. The largest absolute Gasteiger partial charge is 0.379 e. The lowest BCUT2D eigenvalue weighted by Gasteiger charge is -2.11. The van der Waals surface area contributed by atoms with Crippen LogP contribution < -0.4 is 10.6 Å². The number of amides is 1. The first-order valence-electron chi connectivity index (χ1n) is 6.98. The molecular formula is C15H24ClN3O2. The van der Waals surface area contributed by atoms with Gasteiger partial charge in [-0.3, -0.25) is 4.79 Å². The molecule has 118 valence electrons. The van der Waals surface area contributed by atoms with Gasteiger partial charge in [0.2, 0.25) is 5.91 Å². The summed E-state index contributed by atoms with van der Waals surface area (Å²) in [6.45, 7) is 5.02. The van der Waals surface area contributed by atoms with Gasteiger partial charge in [-0.2, -0.15) is 0 Å². The molecule has 0 aliphatic rings. The van der Waals surface area contributed by atoms with Gasteiger partial charge >= 0.3 is 0 Å². The average Bonchev–Trinajstić information content (AvgIpc) is 2.41. The van der Waals surface area contributed by atoms with Gasteiger partial charge in [-0.25, -0.2) is 0 Å². The molecule has 0 radical (unpaired) electrons. The van der Waals surface area contributed by atoms with Crippen molar-refractivity contribution in [2.75, 3.05) is 52.3 Å². The monoisotopic (exact) mass is 313 g/mol. The molecule has 0 unspecified atom stereocenters. The zero-order valence-corrected chi connectivity index (χ0v) is 13.7. The van der Waals surface area contributed by atoms with Crippen LogP contribution in [0.15, 0.2) is 18.2 Å². The van der Waals surface area contributed by atoms with Gasteiger partial charge in [-0.15, -0.1) is 0 Å². The number of ether oxygens (including phenoxy) is 1. The molecule has 0 aromatic heterocycles. The van der Waals surface area contributed by atoms with Crippen LogP contribution in [0.5, 0.6) is 0 Å². The van der Waals surface area contributed by atoms with Gasteiger partial charge in [0.05, 0.1) is 19.8 Å². The zero-order chi connectivity index (χ0) is 15.7. The smallest absolute Gasteiger partial charge is 0.238 e. The quantitative estimate of drug-likeness (QED) is 0.682. The minimum absolute atomic E-state index is 0.0892. The maximum atomic E-state index is 11.8. The molecule has 0 aliphatic heterocycles. The number of halogens is 1. The third-order valence-electron chi connectivity index (χ3n) is 2.87. The lowest BCUT2D eigenvalue weighted by molar-refractivity contribution is -0.115. The molecule has 5 nitrogen and oxygen atoms in total. The number of rotatable bonds is 9. The normalized spacial score (nSPS) is 10.9. The standard InChI is InChI=1S/C15H24ClN3O2/c1-12-4-5-13(16)10-14(12)18-15(20)11-17-6-8-21-9-7-19(2)3/h4-5,10,17H,6-9,11H2,1-3H3,(H,18,20). The molecule has 0 bridgehead atoms. The Labute approximate surface area is 131 Å². The number of likely N-dealkylation sites (N-methyl/N-ethyl adjacent to an activating group) is 1. The highest BCUT2D eigenvalue weighted by molar-refractivity contribution is 6.31. The van der Waals surface area contributed by atoms with Crippen molar-refractivity contribution in [1.82, 2.24) is 10.2 Å². The number of aryl methyl sites for hydroxylation is 1. The maximum absolute atomic E-state index is 11.8. The predicted octanol–water partition coefficient (Wildman–Crippen LogP) is 1.75. The molecule has 1 rings (SSSR count). The van der Waals surface area contributed by atoms with E-state index < -0.39 is 0 Å². The highest BCUT2D eigenvalue weighted by Gasteiger charge is 2.05. The summed E-state index contributed by atoms with van der Waals surface area (Å²) < 4.78 is 5.43. The number of carbonyl (C=O) groups excluding carboxylic acids is 1. The van der Waals surface area contributed by atoms with Crippen molar-refractivity contribution in [2.45, 2.75) is 6.92 Å². The fraction of sp³-hybridized carbons (Fsp3) is 0.533. The fourth-order valence-electron chi connectivity index (χ4n) is 1.62. The minimum atomic E-state index is -0.0892. The molecule has 1 amide bonds. The highest BCUT2D eigenvalue weighted by Crippen LogP contribution is 2.19. The number of nitrogens with zero attached hydrogens (tertiary/aromatic N) is 1. The molecule has 6 heteroatoms. The first-order chi connectivity index (χ1) is 9.99. The Kier molecular flexibility index (Phi) is 8.30. The van der Waals surface area contributed by atoms with Crippen LogP contribution in [-0.4, -0.2) is 57.8 Å². The Morgan fingerprint density at radius 3 is 2.81 bits per heavy atom. The van der Waals surface area contributed by atoms with Crippen molar-refractivity contribution in [3.63, 3.8) is 0 Å². The Balaban J connectivity index is 2.15. The Morgan fingerprint density at radius 2 is 2.10 bits per heavy atom. The van der Waals surface area contributed by atoms with Gasteiger partial charge in [0.25, 0.3) is 0 Å². The SMILES string of the molecule is Cc1ccc(Cl)cc1NC(=O)CNCCOCCN(C)C. The Bertz CT molecular complexity index is 453. The van der Waals surface area contributed by atoms with E-state index in [-0.39, 0.29) is 12.5 Å². The third-order valence-corrected chi connectivity index (χ3v) is 3.10.